The molecule has 1 aliphatic heterocycles. The van der Waals surface area contributed by atoms with Gasteiger partial charge in [-0.3, -0.25) is 9.59 Å². The highest BCUT2D eigenvalue weighted by Crippen LogP contribution is 2.39. The largest absolute Gasteiger partial charge is 0.496 e. The number of carbonyl (C=O) groups excluding carboxylic acids is 2. The van der Waals surface area contributed by atoms with Crippen LogP contribution in [0.5, 0.6) is 5.75 Å². The minimum atomic E-state index is -0.595. The number of hydrogen-bond acceptors (Lipinski definition) is 4. The predicted molar refractivity (Wildman–Crippen MR) is 102 cm³/mol. The average molecular weight is 361 g/mol. The maximum absolute atomic E-state index is 13.3. The second-order valence-electron chi connectivity index (χ2n) is 6.46. The third-order valence-electron chi connectivity index (χ3n) is 4.79. The Hall–Kier alpha value is -3.41. The van der Waals surface area contributed by atoms with Crippen LogP contribution in [0.3, 0.4) is 0 Å². The highest BCUT2D eigenvalue weighted by Gasteiger charge is 2.37. The Bertz CT molecular complexity index is 1020. The first-order valence-electron chi connectivity index (χ1n) is 8.72. The molecule has 2 aromatic carbocycles. The number of carbonyl (C=O) groups is 2. The van der Waals surface area contributed by atoms with Crippen molar-refractivity contribution in [3.8, 4) is 11.4 Å². The number of hydrogen-bond donors (Lipinski definition) is 1. The Balaban J connectivity index is 1.83. The van der Waals surface area contributed by atoms with E-state index in [-0.39, 0.29) is 18.1 Å². The molecule has 2 heterocycles. The van der Waals surface area contributed by atoms with Crippen LogP contribution in [0, 0.1) is 6.92 Å². The number of para-hydroxylation sites is 2. The Morgan fingerprint density at radius 1 is 1.15 bits per heavy atom. The third-order valence-corrected chi connectivity index (χ3v) is 4.79. The van der Waals surface area contributed by atoms with Crippen LogP contribution in [0.4, 0.5) is 5.82 Å². The molecule has 27 heavy (non-hydrogen) atoms. The van der Waals surface area contributed by atoms with Crippen molar-refractivity contribution in [1.29, 1.82) is 0 Å². The van der Waals surface area contributed by atoms with E-state index >= 15 is 0 Å². The molecule has 6 heteroatoms. The summed E-state index contributed by atoms with van der Waals surface area (Å²) in [7, 11) is 1.53. The van der Waals surface area contributed by atoms with Crippen molar-refractivity contribution in [2.45, 2.75) is 19.3 Å². The summed E-state index contributed by atoms with van der Waals surface area (Å²) in [5, 5.41) is 7.48. The fraction of sp³-hybridized carbons (Fsp3) is 0.190. The number of anilines is 1. The van der Waals surface area contributed by atoms with Gasteiger partial charge in [-0.25, -0.2) is 4.68 Å². The average Bonchev–Trinajstić information content (AvgIpc) is 3.03. The molecule has 1 amide bonds. The molecule has 1 N–H and O–H groups in total. The SMILES string of the molecule is COc1ccccc1C(=O)C1CC(=O)Nc2c1c(C)nn2-c1ccccc1. The number of Topliss-reactive ketones (excluding diaryl/α,β-unsaturated/α-hetero) is 1. The molecular weight excluding hydrogens is 342 g/mol. The van der Waals surface area contributed by atoms with Gasteiger partial charge in [0, 0.05) is 12.0 Å². The van der Waals surface area contributed by atoms with E-state index in [0.29, 0.717) is 17.1 Å². The normalized spacial score (nSPS) is 15.8. The van der Waals surface area contributed by atoms with E-state index in [1.165, 1.54) is 7.11 Å². The molecule has 6 nitrogen and oxygen atoms in total. The second-order valence-corrected chi connectivity index (χ2v) is 6.46. The molecule has 0 fully saturated rings. The van der Waals surface area contributed by atoms with Gasteiger partial charge in [-0.15, -0.1) is 0 Å². The summed E-state index contributed by atoms with van der Waals surface area (Å²) in [6.07, 6.45) is 0.0885. The van der Waals surface area contributed by atoms with E-state index in [2.05, 4.69) is 10.4 Å². The van der Waals surface area contributed by atoms with Crippen LogP contribution < -0.4 is 10.1 Å². The van der Waals surface area contributed by atoms with Crippen molar-refractivity contribution in [2.24, 2.45) is 0 Å². The van der Waals surface area contributed by atoms with Crippen LogP contribution in [0.2, 0.25) is 0 Å². The van der Waals surface area contributed by atoms with Gasteiger partial charge in [-0.2, -0.15) is 5.10 Å². The Kier molecular flexibility index (Phi) is 4.24. The van der Waals surface area contributed by atoms with Crippen molar-refractivity contribution in [2.75, 3.05) is 12.4 Å². The van der Waals surface area contributed by atoms with Crippen LogP contribution >= 0.6 is 0 Å². The first kappa shape index (κ1) is 17.0. The fourth-order valence-corrected chi connectivity index (χ4v) is 3.56. The van der Waals surface area contributed by atoms with Crippen molar-refractivity contribution in [3.05, 3.63) is 71.4 Å². The maximum atomic E-state index is 13.3. The molecule has 1 aliphatic rings. The summed E-state index contributed by atoms with van der Waals surface area (Å²) in [5.41, 5.74) is 2.78. The zero-order valence-corrected chi connectivity index (χ0v) is 15.1. The molecule has 0 spiro atoms. The van der Waals surface area contributed by atoms with Gasteiger partial charge >= 0.3 is 0 Å². The molecule has 3 aromatic rings. The van der Waals surface area contributed by atoms with Crippen LogP contribution in [0.25, 0.3) is 5.69 Å². The predicted octanol–water partition coefficient (Wildman–Crippen LogP) is 3.50. The molecule has 1 unspecified atom stereocenters. The molecule has 1 atom stereocenters. The lowest BCUT2D eigenvalue weighted by atomic mass is 9.85. The minimum absolute atomic E-state index is 0.0885. The molecule has 0 saturated heterocycles. The summed E-state index contributed by atoms with van der Waals surface area (Å²) < 4.78 is 7.02. The molecule has 0 saturated carbocycles. The highest BCUT2D eigenvalue weighted by atomic mass is 16.5. The van der Waals surface area contributed by atoms with Crippen LogP contribution in [0.1, 0.15) is 34.0 Å². The monoisotopic (exact) mass is 361 g/mol. The number of amides is 1. The van der Waals surface area contributed by atoms with Crippen molar-refractivity contribution >= 4 is 17.5 Å². The zero-order valence-electron chi connectivity index (χ0n) is 15.1. The van der Waals surface area contributed by atoms with Crippen LogP contribution in [0.15, 0.2) is 54.6 Å². The number of nitrogens with one attached hydrogen (secondary N) is 1. The quantitative estimate of drug-likeness (QED) is 0.722. The van der Waals surface area contributed by atoms with E-state index in [1.54, 1.807) is 22.9 Å². The topological polar surface area (TPSA) is 73.2 Å². The molecule has 0 aliphatic carbocycles. The van der Waals surface area contributed by atoms with E-state index in [4.69, 9.17) is 4.74 Å². The van der Waals surface area contributed by atoms with Gasteiger partial charge in [-0.1, -0.05) is 30.3 Å². The maximum Gasteiger partial charge on any atom is 0.226 e. The molecule has 136 valence electrons. The molecule has 1 aromatic heterocycles. The fourth-order valence-electron chi connectivity index (χ4n) is 3.56. The first-order valence-corrected chi connectivity index (χ1v) is 8.72. The van der Waals surface area contributed by atoms with Gasteiger partial charge in [0.2, 0.25) is 5.91 Å². The van der Waals surface area contributed by atoms with Gasteiger partial charge in [0.25, 0.3) is 0 Å². The summed E-state index contributed by atoms with van der Waals surface area (Å²) in [5.74, 6) is 0.126. The number of nitrogens with zero attached hydrogens (tertiary/aromatic N) is 2. The number of rotatable bonds is 4. The van der Waals surface area contributed by atoms with Crippen molar-refractivity contribution < 1.29 is 14.3 Å². The molecular formula is C21H19N3O3. The van der Waals surface area contributed by atoms with E-state index < -0.39 is 5.92 Å². The summed E-state index contributed by atoms with van der Waals surface area (Å²) >= 11 is 0. The lowest BCUT2D eigenvalue weighted by molar-refractivity contribution is -0.116. The van der Waals surface area contributed by atoms with Gasteiger partial charge in [0.05, 0.1) is 30.0 Å². The van der Waals surface area contributed by atoms with E-state index in [1.807, 2.05) is 43.3 Å². The molecule has 4 rings (SSSR count). The lowest BCUT2D eigenvalue weighted by Crippen LogP contribution is -2.28. The van der Waals surface area contributed by atoms with Gasteiger partial charge in [0.15, 0.2) is 5.78 Å². The van der Waals surface area contributed by atoms with E-state index in [0.717, 1.165) is 16.9 Å². The van der Waals surface area contributed by atoms with Crippen molar-refractivity contribution in [1.82, 2.24) is 9.78 Å². The summed E-state index contributed by atoms with van der Waals surface area (Å²) in [6.45, 7) is 1.86. The van der Waals surface area contributed by atoms with Gasteiger partial charge < -0.3 is 10.1 Å². The number of aryl methyl sites for hydroxylation is 1. The summed E-state index contributed by atoms with van der Waals surface area (Å²) in [6, 6.07) is 16.6. The minimum Gasteiger partial charge on any atom is -0.496 e. The number of fused-ring (bicyclic) bond motifs is 1. The van der Waals surface area contributed by atoms with Crippen molar-refractivity contribution in [3.63, 3.8) is 0 Å². The smallest absolute Gasteiger partial charge is 0.226 e. The van der Waals surface area contributed by atoms with Crippen LogP contribution in [-0.2, 0) is 4.79 Å². The first-order chi connectivity index (χ1) is 13.1. The third kappa shape index (κ3) is 2.89. The second kappa shape index (κ2) is 6.72. The lowest BCUT2D eigenvalue weighted by Gasteiger charge is -2.23. The van der Waals surface area contributed by atoms with Gasteiger partial charge in [-0.05, 0) is 31.2 Å². The Labute approximate surface area is 156 Å². The number of ether oxygens (including phenoxy) is 1. The Morgan fingerprint density at radius 2 is 1.85 bits per heavy atom. The number of methoxy groups -OCH3 is 1. The standard InChI is InChI=1S/C21H19N3O3/c1-13-19-16(20(26)15-10-6-7-11-17(15)27-2)12-18(25)22-21(19)24(23-13)14-8-4-3-5-9-14/h3-11,16H,12H2,1-2H3,(H,22,25). The number of aromatic nitrogens is 2. The van der Waals surface area contributed by atoms with Gasteiger partial charge in [0.1, 0.15) is 11.6 Å². The number of ketones is 1. The highest BCUT2D eigenvalue weighted by molar-refractivity contribution is 6.09. The number of benzene rings is 2. The summed E-state index contributed by atoms with van der Waals surface area (Å²) in [4.78, 5) is 25.7. The Morgan fingerprint density at radius 3 is 2.59 bits per heavy atom. The molecule has 0 radical (unpaired) electrons. The molecule has 0 bridgehead atoms. The zero-order chi connectivity index (χ0) is 19.0. The van der Waals surface area contributed by atoms with E-state index in [9.17, 15) is 9.59 Å². The van der Waals surface area contributed by atoms with Crippen LogP contribution in [-0.4, -0.2) is 28.6 Å².